The standard InChI is InChI=1S/C10H20O2.C8H16O4/c1-5-6(2)10(12)8(4)7(3)9(5)11;1-3-4(2)6(10)8(12)7(11)5(3)9/h5-12H,1-4H3;3-12H,1-2H3. The summed E-state index contributed by atoms with van der Waals surface area (Å²) in [5.74, 6) is 0.464. The van der Waals surface area contributed by atoms with E-state index in [0.717, 1.165) is 0 Å². The van der Waals surface area contributed by atoms with Gasteiger partial charge in [0.05, 0.1) is 24.4 Å². The Labute approximate surface area is 145 Å². The van der Waals surface area contributed by atoms with Gasteiger partial charge < -0.3 is 30.6 Å². The third kappa shape index (κ3) is 4.11. The molecule has 0 spiro atoms. The van der Waals surface area contributed by atoms with Gasteiger partial charge in [0.15, 0.2) is 0 Å². The van der Waals surface area contributed by atoms with Crippen molar-refractivity contribution in [3.05, 3.63) is 0 Å². The Morgan fingerprint density at radius 1 is 0.292 bits per heavy atom. The predicted octanol–water partition coefficient (Wildman–Crippen LogP) is -0.0180. The van der Waals surface area contributed by atoms with Gasteiger partial charge in [-0.3, -0.25) is 0 Å². The summed E-state index contributed by atoms with van der Waals surface area (Å²) < 4.78 is 0. The highest BCUT2D eigenvalue weighted by Crippen LogP contribution is 2.37. The van der Waals surface area contributed by atoms with Gasteiger partial charge in [-0.05, 0) is 35.5 Å². The Kier molecular flexibility index (Phi) is 7.66. The molecule has 10 unspecified atom stereocenters. The average molecular weight is 348 g/mol. The molecule has 24 heavy (non-hydrogen) atoms. The molecular formula is C18H36O6. The lowest BCUT2D eigenvalue weighted by atomic mass is 9.67. The second-order valence-corrected chi connectivity index (χ2v) is 8.10. The Bertz CT molecular complexity index is 239. The summed E-state index contributed by atoms with van der Waals surface area (Å²) in [5.41, 5.74) is 0. The van der Waals surface area contributed by atoms with E-state index in [1.165, 1.54) is 0 Å². The molecule has 6 nitrogen and oxygen atoms in total. The van der Waals surface area contributed by atoms with E-state index in [4.69, 9.17) is 0 Å². The zero-order valence-corrected chi connectivity index (χ0v) is 15.6. The molecule has 0 aromatic rings. The molecule has 0 aromatic heterocycles. The molecule has 144 valence electrons. The van der Waals surface area contributed by atoms with Gasteiger partial charge in [-0.15, -0.1) is 0 Å². The van der Waals surface area contributed by atoms with Crippen LogP contribution in [0.5, 0.6) is 0 Å². The minimum Gasteiger partial charge on any atom is -0.393 e. The lowest BCUT2D eigenvalue weighted by molar-refractivity contribution is -0.176. The third-order valence-electron chi connectivity index (χ3n) is 6.77. The van der Waals surface area contributed by atoms with Crippen molar-refractivity contribution in [3.63, 3.8) is 0 Å². The second-order valence-electron chi connectivity index (χ2n) is 8.10. The Hall–Kier alpha value is -0.240. The molecule has 2 aliphatic carbocycles. The summed E-state index contributed by atoms with van der Waals surface area (Å²) >= 11 is 0. The summed E-state index contributed by atoms with van der Waals surface area (Å²) in [5, 5.41) is 56.8. The Morgan fingerprint density at radius 3 is 0.667 bits per heavy atom. The van der Waals surface area contributed by atoms with Crippen molar-refractivity contribution in [2.75, 3.05) is 0 Å². The summed E-state index contributed by atoms with van der Waals surface area (Å²) in [6.07, 6.45) is -4.86. The van der Waals surface area contributed by atoms with Gasteiger partial charge in [-0.1, -0.05) is 41.5 Å². The van der Waals surface area contributed by atoms with Crippen LogP contribution in [-0.4, -0.2) is 67.3 Å². The number of hydrogen-bond acceptors (Lipinski definition) is 6. The predicted molar refractivity (Wildman–Crippen MR) is 91.0 cm³/mol. The van der Waals surface area contributed by atoms with Gasteiger partial charge in [0.2, 0.25) is 0 Å². The van der Waals surface area contributed by atoms with Crippen molar-refractivity contribution in [2.45, 2.75) is 78.2 Å². The van der Waals surface area contributed by atoms with Crippen molar-refractivity contribution in [2.24, 2.45) is 35.5 Å². The van der Waals surface area contributed by atoms with Crippen LogP contribution >= 0.6 is 0 Å². The van der Waals surface area contributed by atoms with Crippen molar-refractivity contribution in [3.8, 4) is 0 Å². The van der Waals surface area contributed by atoms with Crippen LogP contribution in [0, 0.1) is 35.5 Å². The first kappa shape index (κ1) is 21.8. The normalized spacial score (nSPS) is 55.5. The lowest BCUT2D eigenvalue weighted by Gasteiger charge is -2.43. The van der Waals surface area contributed by atoms with Gasteiger partial charge >= 0.3 is 0 Å². The molecule has 10 atom stereocenters. The maximum Gasteiger partial charge on any atom is 0.109 e. The average Bonchev–Trinajstić information content (AvgIpc) is 2.58. The molecule has 6 N–H and O–H groups in total. The van der Waals surface area contributed by atoms with Gasteiger partial charge in [-0.2, -0.15) is 0 Å². The summed E-state index contributed by atoms with van der Waals surface area (Å²) in [4.78, 5) is 0. The molecule has 2 saturated carbocycles. The van der Waals surface area contributed by atoms with Crippen LogP contribution in [0.3, 0.4) is 0 Å². The molecule has 2 aliphatic rings. The van der Waals surface area contributed by atoms with Crippen molar-refractivity contribution < 1.29 is 30.6 Å². The molecule has 0 saturated heterocycles. The fourth-order valence-corrected chi connectivity index (χ4v) is 3.85. The van der Waals surface area contributed by atoms with Crippen LogP contribution in [0.4, 0.5) is 0 Å². The van der Waals surface area contributed by atoms with E-state index >= 15 is 0 Å². The van der Waals surface area contributed by atoms with Crippen LogP contribution in [0.25, 0.3) is 0 Å². The first-order valence-electron chi connectivity index (χ1n) is 9.01. The maximum absolute atomic E-state index is 9.79. The minimum atomic E-state index is -1.23. The molecule has 0 amide bonds. The zero-order chi connectivity index (χ0) is 18.9. The van der Waals surface area contributed by atoms with Crippen LogP contribution in [-0.2, 0) is 0 Å². The molecule has 0 bridgehead atoms. The smallest absolute Gasteiger partial charge is 0.109 e. The highest BCUT2D eigenvalue weighted by atomic mass is 16.4. The van der Waals surface area contributed by atoms with E-state index in [1.807, 2.05) is 27.7 Å². The highest BCUT2D eigenvalue weighted by molar-refractivity contribution is 4.94. The fourth-order valence-electron chi connectivity index (χ4n) is 3.85. The number of aliphatic hydroxyl groups excluding tert-OH is 6. The number of rotatable bonds is 0. The van der Waals surface area contributed by atoms with Gasteiger partial charge in [0, 0.05) is 0 Å². The van der Waals surface area contributed by atoms with Crippen LogP contribution < -0.4 is 0 Å². The van der Waals surface area contributed by atoms with Gasteiger partial charge in [0.25, 0.3) is 0 Å². The van der Waals surface area contributed by atoms with Gasteiger partial charge in [-0.25, -0.2) is 0 Å². The number of aliphatic hydroxyl groups is 6. The summed E-state index contributed by atoms with van der Waals surface area (Å²) in [6.45, 7) is 11.5. The molecular weight excluding hydrogens is 312 g/mol. The van der Waals surface area contributed by atoms with E-state index in [-0.39, 0.29) is 47.7 Å². The fraction of sp³-hybridized carbons (Fsp3) is 1.00. The number of hydrogen-bond donors (Lipinski definition) is 6. The third-order valence-corrected chi connectivity index (χ3v) is 6.77. The Morgan fingerprint density at radius 2 is 0.458 bits per heavy atom. The molecule has 6 heteroatoms. The van der Waals surface area contributed by atoms with Crippen molar-refractivity contribution in [1.82, 2.24) is 0 Å². The van der Waals surface area contributed by atoms with E-state index in [0.29, 0.717) is 0 Å². The SMILES string of the molecule is CC1C(C)C(O)C(C)C(C)C1O.CC1C(C)C(O)C(O)C(O)C1O. The van der Waals surface area contributed by atoms with E-state index in [2.05, 4.69) is 0 Å². The topological polar surface area (TPSA) is 121 Å². The molecule has 0 aromatic carbocycles. The second kappa shape index (κ2) is 8.43. The van der Waals surface area contributed by atoms with Crippen LogP contribution in [0.15, 0.2) is 0 Å². The monoisotopic (exact) mass is 348 g/mol. The lowest BCUT2D eigenvalue weighted by Crippen LogP contribution is -2.56. The molecule has 0 heterocycles. The van der Waals surface area contributed by atoms with E-state index in [1.54, 1.807) is 13.8 Å². The largest absolute Gasteiger partial charge is 0.393 e. The van der Waals surface area contributed by atoms with E-state index in [9.17, 15) is 30.6 Å². The summed E-state index contributed by atoms with van der Waals surface area (Å²) in [6, 6.07) is 0. The first-order chi connectivity index (χ1) is 10.9. The quantitative estimate of drug-likeness (QED) is 0.366. The van der Waals surface area contributed by atoms with Crippen LogP contribution in [0.2, 0.25) is 0 Å². The molecule has 2 rings (SSSR count). The zero-order valence-electron chi connectivity index (χ0n) is 15.6. The van der Waals surface area contributed by atoms with Gasteiger partial charge in [0.1, 0.15) is 12.2 Å². The molecule has 2 fully saturated rings. The van der Waals surface area contributed by atoms with Crippen LogP contribution in [0.1, 0.15) is 41.5 Å². The van der Waals surface area contributed by atoms with Crippen molar-refractivity contribution >= 4 is 0 Å². The molecule has 0 radical (unpaired) electrons. The molecule has 0 aliphatic heterocycles. The van der Waals surface area contributed by atoms with E-state index < -0.39 is 24.4 Å². The Balaban J connectivity index is 0.000000240. The maximum atomic E-state index is 9.79. The summed E-state index contributed by atoms with van der Waals surface area (Å²) in [7, 11) is 0. The van der Waals surface area contributed by atoms with Crippen molar-refractivity contribution in [1.29, 1.82) is 0 Å². The first-order valence-corrected chi connectivity index (χ1v) is 9.01. The minimum absolute atomic E-state index is 0.196. The highest BCUT2D eigenvalue weighted by Gasteiger charge is 2.44.